The normalized spacial score (nSPS) is 13.8. The van der Waals surface area contributed by atoms with Gasteiger partial charge in [-0.15, -0.1) is 0 Å². The third-order valence-electron chi connectivity index (χ3n) is 2.43. The van der Waals surface area contributed by atoms with Crippen LogP contribution in [0.15, 0.2) is 35.4 Å². The number of hydrogen-bond acceptors (Lipinski definition) is 4. The lowest BCUT2D eigenvalue weighted by Crippen LogP contribution is -2.50. The fourth-order valence-electron chi connectivity index (χ4n) is 1.71. The van der Waals surface area contributed by atoms with E-state index in [-0.39, 0.29) is 6.04 Å². The Labute approximate surface area is 102 Å². The lowest BCUT2D eigenvalue weighted by Gasteiger charge is -2.22. The summed E-state index contributed by atoms with van der Waals surface area (Å²) in [5, 5.41) is 7.05. The van der Waals surface area contributed by atoms with Crippen molar-refractivity contribution in [3.63, 3.8) is 0 Å². The van der Waals surface area contributed by atoms with Crippen LogP contribution in [0.1, 0.15) is 19.4 Å². The van der Waals surface area contributed by atoms with Crippen molar-refractivity contribution < 1.29 is 0 Å². The third kappa shape index (κ3) is 4.42. The van der Waals surface area contributed by atoms with E-state index in [9.17, 15) is 0 Å². The van der Waals surface area contributed by atoms with Crippen LogP contribution in [0.2, 0.25) is 0 Å². The number of nitrogens with one attached hydrogen (secondary N) is 2. The molecule has 94 valence electrons. The molecule has 0 amide bonds. The van der Waals surface area contributed by atoms with Gasteiger partial charge in [-0.3, -0.25) is 0 Å². The highest BCUT2D eigenvalue weighted by molar-refractivity contribution is 5.87. The van der Waals surface area contributed by atoms with Crippen LogP contribution in [-0.2, 0) is 6.42 Å². The van der Waals surface area contributed by atoms with Gasteiger partial charge in [0, 0.05) is 6.04 Å². The highest BCUT2D eigenvalue weighted by Crippen LogP contribution is 2.04. The standard InChI is InChI=1S/C12H21N5/c1-9(2)15-11(12(16-13)17-14)8-10-6-4-3-5-7-10/h3-7,9,11,15H,8,13-14H2,1-2H3,(H,16,17)/t11-/m0/s1. The average molecular weight is 235 g/mol. The predicted octanol–water partition coefficient (Wildman–Crippen LogP) is 0.331. The van der Waals surface area contributed by atoms with E-state index in [2.05, 4.69) is 41.8 Å². The Bertz CT molecular complexity index is 347. The molecule has 0 saturated heterocycles. The van der Waals surface area contributed by atoms with Crippen molar-refractivity contribution in [3.05, 3.63) is 35.9 Å². The van der Waals surface area contributed by atoms with Crippen LogP contribution < -0.4 is 22.4 Å². The smallest absolute Gasteiger partial charge is 0.153 e. The maximum Gasteiger partial charge on any atom is 0.153 e. The molecule has 1 atom stereocenters. The van der Waals surface area contributed by atoms with Crippen LogP contribution in [0.3, 0.4) is 0 Å². The van der Waals surface area contributed by atoms with E-state index >= 15 is 0 Å². The van der Waals surface area contributed by atoms with Gasteiger partial charge >= 0.3 is 0 Å². The van der Waals surface area contributed by atoms with E-state index in [4.69, 9.17) is 11.7 Å². The maximum absolute atomic E-state index is 5.41. The van der Waals surface area contributed by atoms with E-state index in [1.54, 1.807) is 0 Å². The van der Waals surface area contributed by atoms with Crippen molar-refractivity contribution in [1.29, 1.82) is 0 Å². The number of rotatable bonds is 5. The molecule has 5 nitrogen and oxygen atoms in total. The number of hydrazone groups is 1. The Morgan fingerprint density at radius 3 is 2.41 bits per heavy atom. The number of amidine groups is 1. The summed E-state index contributed by atoms with van der Waals surface area (Å²) in [4.78, 5) is 0. The summed E-state index contributed by atoms with van der Waals surface area (Å²) < 4.78 is 0. The first-order chi connectivity index (χ1) is 8.17. The molecule has 0 radical (unpaired) electrons. The Morgan fingerprint density at radius 1 is 1.29 bits per heavy atom. The van der Waals surface area contributed by atoms with Crippen molar-refractivity contribution in [2.24, 2.45) is 16.8 Å². The highest BCUT2D eigenvalue weighted by atomic mass is 15.3. The molecule has 0 spiro atoms. The number of hydrogen-bond donors (Lipinski definition) is 4. The fourth-order valence-corrected chi connectivity index (χ4v) is 1.71. The molecular weight excluding hydrogens is 214 g/mol. The molecule has 0 saturated carbocycles. The van der Waals surface area contributed by atoms with Crippen LogP contribution >= 0.6 is 0 Å². The second-order valence-corrected chi connectivity index (χ2v) is 4.22. The first-order valence-corrected chi connectivity index (χ1v) is 5.71. The summed E-state index contributed by atoms with van der Waals surface area (Å²) in [6.45, 7) is 4.14. The zero-order chi connectivity index (χ0) is 12.7. The van der Waals surface area contributed by atoms with Gasteiger partial charge in [-0.25, -0.2) is 5.84 Å². The molecule has 0 aliphatic heterocycles. The molecule has 6 N–H and O–H groups in total. The Morgan fingerprint density at radius 2 is 1.94 bits per heavy atom. The molecule has 0 bridgehead atoms. The highest BCUT2D eigenvalue weighted by Gasteiger charge is 2.16. The van der Waals surface area contributed by atoms with Crippen LogP contribution in [0, 0.1) is 0 Å². The van der Waals surface area contributed by atoms with Crippen molar-refractivity contribution >= 4 is 5.84 Å². The average Bonchev–Trinajstić information content (AvgIpc) is 2.31. The molecule has 0 aromatic heterocycles. The summed E-state index contributed by atoms with van der Waals surface area (Å²) in [6.07, 6.45) is 0.791. The monoisotopic (exact) mass is 235 g/mol. The van der Waals surface area contributed by atoms with Crippen LogP contribution in [0.4, 0.5) is 0 Å². The minimum absolute atomic E-state index is 0.00704. The topological polar surface area (TPSA) is 88.5 Å². The van der Waals surface area contributed by atoms with Crippen molar-refractivity contribution in [1.82, 2.24) is 10.7 Å². The van der Waals surface area contributed by atoms with Gasteiger partial charge in [-0.1, -0.05) is 44.2 Å². The van der Waals surface area contributed by atoms with Gasteiger partial charge in [-0.05, 0) is 12.0 Å². The molecule has 0 aliphatic rings. The molecule has 1 rings (SSSR count). The molecule has 0 unspecified atom stereocenters. The fraction of sp³-hybridized carbons (Fsp3) is 0.417. The number of nitrogens with two attached hydrogens (primary N) is 2. The van der Waals surface area contributed by atoms with Gasteiger partial charge in [0.25, 0.3) is 0 Å². The van der Waals surface area contributed by atoms with Gasteiger partial charge in [0.15, 0.2) is 5.84 Å². The quantitative estimate of drug-likeness (QED) is 0.256. The number of benzene rings is 1. The van der Waals surface area contributed by atoms with Gasteiger partial charge in [-0.2, -0.15) is 5.10 Å². The molecule has 0 aliphatic carbocycles. The minimum atomic E-state index is -0.00704. The first-order valence-electron chi connectivity index (χ1n) is 5.71. The predicted molar refractivity (Wildman–Crippen MR) is 71.2 cm³/mol. The van der Waals surface area contributed by atoms with E-state index in [1.807, 2.05) is 18.2 Å². The summed E-state index contributed by atoms with van der Waals surface area (Å²) in [6, 6.07) is 10.5. The van der Waals surface area contributed by atoms with E-state index in [1.165, 1.54) is 5.56 Å². The summed E-state index contributed by atoms with van der Waals surface area (Å²) in [5.74, 6) is 11.3. The van der Waals surface area contributed by atoms with Crippen LogP contribution in [-0.4, -0.2) is 17.9 Å². The first kappa shape index (κ1) is 13.5. The van der Waals surface area contributed by atoms with E-state index in [0.717, 1.165) is 6.42 Å². The van der Waals surface area contributed by atoms with Crippen molar-refractivity contribution in [2.45, 2.75) is 32.4 Å². The molecule has 17 heavy (non-hydrogen) atoms. The summed E-state index contributed by atoms with van der Waals surface area (Å²) >= 11 is 0. The van der Waals surface area contributed by atoms with E-state index in [0.29, 0.717) is 11.9 Å². The Hall–Kier alpha value is -1.59. The minimum Gasteiger partial charge on any atom is -0.321 e. The zero-order valence-electron chi connectivity index (χ0n) is 10.4. The van der Waals surface area contributed by atoms with Crippen LogP contribution in [0.25, 0.3) is 0 Å². The largest absolute Gasteiger partial charge is 0.321 e. The molecule has 5 heteroatoms. The van der Waals surface area contributed by atoms with Crippen LogP contribution in [0.5, 0.6) is 0 Å². The van der Waals surface area contributed by atoms with Gasteiger partial charge < -0.3 is 16.6 Å². The molecular formula is C12H21N5. The molecule has 1 aromatic carbocycles. The lowest BCUT2D eigenvalue weighted by atomic mass is 10.0. The van der Waals surface area contributed by atoms with Gasteiger partial charge in [0.2, 0.25) is 0 Å². The second-order valence-electron chi connectivity index (χ2n) is 4.22. The van der Waals surface area contributed by atoms with Crippen molar-refractivity contribution in [2.75, 3.05) is 0 Å². The molecule has 1 aromatic rings. The number of nitrogens with zero attached hydrogens (tertiary/aromatic N) is 1. The maximum atomic E-state index is 5.41. The Balaban J connectivity index is 2.77. The third-order valence-corrected chi connectivity index (χ3v) is 2.43. The lowest BCUT2D eigenvalue weighted by molar-refractivity contribution is 0.529. The Kier molecular flexibility index (Phi) is 5.45. The van der Waals surface area contributed by atoms with Crippen molar-refractivity contribution in [3.8, 4) is 0 Å². The second kappa shape index (κ2) is 6.88. The zero-order valence-corrected chi connectivity index (χ0v) is 10.4. The summed E-state index contributed by atoms with van der Waals surface area (Å²) in [5.41, 5.74) is 3.75. The van der Waals surface area contributed by atoms with Gasteiger partial charge in [0.05, 0.1) is 6.04 Å². The van der Waals surface area contributed by atoms with E-state index < -0.39 is 0 Å². The van der Waals surface area contributed by atoms with Gasteiger partial charge in [0.1, 0.15) is 0 Å². The summed E-state index contributed by atoms with van der Waals surface area (Å²) in [7, 11) is 0. The number of hydrazine groups is 1. The SMILES string of the molecule is CC(C)N[C@@H](Cc1ccccc1)/C(=N/N)NN. The molecule has 0 heterocycles. The molecule has 0 fully saturated rings.